The summed E-state index contributed by atoms with van der Waals surface area (Å²) in [5.41, 5.74) is 8.21. The highest BCUT2D eigenvalue weighted by atomic mass is 15.1. The van der Waals surface area contributed by atoms with Gasteiger partial charge in [0, 0.05) is 18.8 Å². The molecule has 2 aromatic rings. The third kappa shape index (κ3) is 4.41. The van der Waals surface area contributed by atoms with Crippen LogP contribution in [0.1, 0.15) is 52.0 Å². The monoisotopic (exact) mass is 339 g/mol. The van der Waals surface area contributed by atoms with Gasteiger partial charge in [0.2, 0.25) is 0 Å². The number of aromatic nitrogens is 3. The molecule has 1 atom stereocenters. The lowest BCUT2D eigenvalue weighted by Gasteiger charge is -2.26. The van der Waals surface area contributed by atoms with Gasteiger partial charge in [-0.25, -0.2) is 9.97 Å². The van der Waals surface area contributed by atoms with Gasteiger partial charge in [-0.15, -0.1) is 0 Å². The average molecular weight is 339 g/mol. The Morgan fingerprint density at radius 1 is 1.36 bits per heavy atom. The van der Waals surface area contributed by atoms with Gasteiger partial charge in [-0.1, -0.05) is 30.9 Å². The van der Waals surface area contributed by atoms with E-state index in [9.17, 15) is 0 Å². The van der Waals surface area contributed by atoms with Crippen LogP contribution in [0.2, 0.25) is 0 Å². The van der Waals surface area contributed by atoms with E-state index in [1.807, 2.05) is 18.3 Å². The van der Waals surface area contributed by atoms with E-state index < -0.39 is 0 Å². The van der Waals surface area contributed by atoms with E-state index in [0.717, 1.165) is 23.5 Å². The van der Waals surface area contributed by atoms with E-state index in [2.05, 4.69) is 46.0 Å². The second-order valence-corrected chi connectivity index (χ2v) is 7.20. The average Bonchev–Trinajstić information content (AvgIpc) is 3.00. The van der Waals surface area contributed by atoms with E-state index in [1.54, 1.807) is 6.33 Å². The number of anilines is 1. The largest absolute Gasteiger partial charge is 0.387 e. The highest BCUT2D eigenvalue weighted by molar-refractivity contribution is 5.86. The molecule has 134 valence electrons. The molecule has 1 aliphatic carbocycles. The minimum atomic E-state index is 0.484. The number of nitrogens with two attached hydrogens (primary N) is 1. The molecule has 5 nitrogen and oxygen atoms in total. The molecule has 5 heteroatoms. The molecule has 0 spiro atoms. The summed E-state index contributed by atoms with van der Waals surface area (Å²) in [5.74, 6) is 1.54. The molecule has 1 saturated carbocycles. The highest BCUT2D eigenvalue weighted by Gasteiger charge is 2.19. The molecule has 3 heterocycles. The first-order valence-electron chi connectivity index (χ1n) is 9.28. The van der Waals surface area contributed by atoms with E-state index in [4.69, 9.17) is 5.73 Å². The maximum absolute atomic E-state index is 5.86. The predicted molar refractivity (Wildman–Crippen MR) is 104 cm³/mol. The van der Waals surface area contributed by atoms with Crippen LogP contribution in [0, 0.1) is 5.92 Å². The first-order chi connectivity index (χ1) is 12.1. The summed E-state index contributed by atoms with van der Waals surface area (Å²) >= 11 is 0. The number of nitrogens with one attached hydrogen (secondary N) is 1. The number of allylic oxidation sites excluding steroid dienone is 2. The summed E-state index contributed by atoms with van der Waals surface area (Å²) < 4.78 is 2.23. The van der Waals surface area contributed by atoms with Gasteiger partial charge in [0.25, 0.3) is 0 Å². The van der Waals surface area contributed by atoms with Crippen molar-refractivity contribution in [2.24, 2.45) is 5.92 Å². The Balaban J connectivity index is 0.000000219. The van der Waals surface area contributed by atoms with E-state index >= 15 is 0 Å². The smallest absolute Gasteiger partial charge is 0.145 e. The second kappa shape index (κ2) is 8.19. The molecule has 0 saturated heterocycles. The van der Waals surface area contributed by atoms with Crippen LogP contribution in [0.5, 0.6) is 0 Å². The van der Waals surface area contributed by atoms with Crippen molar-refractivity contribution >= 4 is 16.9 Å². The summed E-state index contributed by atoms with van der Waals surface area (Å²) in [6, 6.07) is 2.50. The Labute approximate surface area is 150 Å². The van der Waals surface area contributed by atoms with Crippen molar-refractivity contribution in [1.82, 2.24) is 19.9 Å². The van der Waals surface area contributed by atoms with Gasteiger partial charge < -0.3 is 15.6 Å². The summed E-state index contributed by atoms with van der Waals surface area (Å²) in [5, 5.41) is 4.05. The molecule has 0 amide bonds. The molecule has 3 N–H and O–H groups in total. The Hall–Kier alpha value is -2.30. The molecule has 1 unspecified atom stereocenters. The van der Waals surface area contributed by atoms with E-state index in [1.165, 1.54) is 37.7 Å². The lowest BCUT2D eigenvalue weighted by atomic mass is 9.81. The standard InChI is InChI=1S/C14H20N4.C6H9N/c1-10(5-6-11-3-2-4-11)18-8-7-12-13(15)16-9-17-14(12)18;1-6-3-2-4-7-5-6/h7-11H,2-6H2,1H3,(H2,15,16,17);2-4,7H,5H2,1H3. The Bertz CT molecular complexity index is 755. The number of nitrogens with zero attached hydrogens (tertiary/aromatic N) is 3. The van der Waals surface area contributed by atoms with Crippen LogP contribution < -0.4 is 11.1 Å². The molecule has 25 heavy (non-hydrogen) atoms. The predicted octanol–water partition coefficient (Wildman–Crippen LogP) is 4.20. The normalized spacial score (nSPS) is 17.9. The van der Waals surface area contributed by atoms with Crippen molar-refractivity contribution in [2.45, 2.75) is 52.0 Å². The molecule has 2 aromatic heterocycles. The van der Waals surface area contributed by atoms with Gasteiger partial charge in [0.1, 0.15) is 17.8 Å². The molecule has 0 radical (unpaired) electrons. The summed E-state index contributed by atoms with van der Waals surface area (Å²) in [6.07, 6.45) is 16.5. The topological polar surface area (TPSA) is 68.8 Å². The van der Waals surface area contributed by atoms with Crippen LogP contribution in [-0.2, 0) is 0 Å². The third-order valence-electron chi connectivity index (χ3n) is 5.21. The van der Waals surface area contributed by atoms with Crippen molar-refractivity contribution in [3.8, 4) is 0 Å². The number of rotatable bonds is 4. The van der Waals surface area contributed by atoms with Crippen LogP contribution in [0.15, 0.2) is 42.5 Å². The van der Waals surface area contributed by atoms with Crippen LogP contribution in [0.3, 0.4) is 0 Å². The van der Waals surface area contributed by atoms with Gasteiger partial charge in [0.05, 0.1) is 5.39 Å². The van der Waals surface area contributed by atoms with Crippen LogP contribution in [0.4, 0.5) is 5.82 Å². The minimum Gasteiger partial charge on any atom is -0.387 e. The fourth-order valence-corrected chi connectivity index (χ4v) is 3.30. The Kier molecular flexibility index (Phi) is 5.74. The maximum atomic E-state index is 5.86. The minimum absolute atomic E-state index is 0.484. The van der Waals surface area contributed by atoms with Crippen molar-refractivity contribution in [2.75, 3.05) is 12.3 Å². The fraction of sp³-hybridized carbons (Fsp3) is 0.500. The first-order valence-corrected chi connectivity index (χ1v) is 9.28. The lowest BCUT2D eigenvalue weighted by Crippen LogP contribution is -2.13. The maximum Gasteiger partial charge on any atom is 0.145 e. The Morgan fingerprint density at radius 3 is 2.80 bits per heavy atom. The zero-order valence-corrected chi connectivity index (χ0v) is 15.3. The third-order valence-corrected chi connectivity index (χ3v) is 5.21. The molecular weight excluding hydrogens is 310 g/mol. The number of hydrogen-bond acceptors (Lipinski definition) is 4. The molecule has 1 fully saturated rings. The van der Waals surface area contributed by atoms with Crippen molar-refractivity contribution in [3.63, 3.8) is 0 Å². The van der Waals surface area contributed by atoms with Gasteiger partial charge in [-0.05, 0) is 50.9 Å². The molecule has 0 bridgehead atoms. The molecule has 1 aliphatic heterocycles. The van der Waals surface area contributed by atoms with Crippen LogP contribution in [-0.4, -0.2) is 21.1 Å². The molecule has 2 aliphatic rings. The quantitative estimate of drug-likeness (QED) is 0.876. The van der Waals surface area contributed by atoms with Gasteiger partial charge in [-0.2, -0.15) is 0 Å². The van der Waals surface area contributed by atoms with Crippen molar-refractivity contribution in [3.05, 3.63) is 42.5 Å². The van der Waals surface area contributed by atoms with E-state index in [-0.39, 0.29) is 0 Å². The van der Waals surface area contributed by atoms with Crippen LogP contribution >= 0.6 is 0 Å². The summed E-state index contributed by atoms with van der Waals surface area (Å²) in [7, 11) is 0. The van der Waals surface area contributed by atoms with Gasteiger partial charge >= 0.3 is 0 Å². The first kappa shape index (κ1) is 17.5. The van der Waals surface area contributed by atoms with Gasteiger partial charge in [-0.3, -0.25) is 0 Å². The van der Waals surface area contributed by atoms with Crippen molar-refractivity contribution < 1.29 is 0 Å². The molecule has 0 aromatic carbocycles. The number of hydrogen-bond donors (Lipinski definition) is 2. The zero-order chi connectivity index (χ0) is 17.6. The summed E-state index contributed by atoms with van der Waals surface area (Å²) in [6.45, 7) is 5.38. The highest BCUT2D eigenvalue weighted by Crippen LogP contribution is 2.33. The molecule has 4 rings (SSSR count). The van der Waals surface area contributed by atoms with E-state index in [0.29, 0.717) is 11.9 Å². The number of nitrogen functional groups attached to an aromatic ring is 1. The molecular formula is C20H29N5. The fourth-order valence-electron chi connectivity index (χ4n) is 3.30. The number of fused-ring (bicyclic) bond motifs is 1. The van der Waals surface area contributed by atoms with Crippen molar-refractivity contribution in [1.29, 1.82) is 0 Å². The Morgan fingerprint density at radius 2 is 2.20 bits per heavy atom. The zero-order valence-electron chi connectivity index (χ0n) is 15.3. The van der Waals surface area contributed by atoms with Gasteiger partial charge in [0.15, 0.2) is 0 Å². The SMILES string of the molecule is CC(CCC1CCC1)n1ccc2c(N)ncnc21.CC1=CC=CNC1. The second-order valence-electron chi connectivity index (χ2n) is 7.20. The number of dihydropyridines is 1. The summed E-state index contributed by atoms with van der Waals surface area (Å²) in [4.78, 5) is 8.39. The van der Waals surface area contributed by atoms with Crippen LogP contribution in [0.25, 0.3) is 11.0 Å². The lowest BCUT2D eigenvalue weighted by molar-refractivity contribution is 0.274.